The fourth-order valence-corrected chi connectivity index (χ4v) is 4.12. The molecule has 31 heavy (non-hydrogen) atoms. The lowest BCUT2D eigenvalue weighted by molar-refractivity contribution is 0.146. The monoisotopic (exact) mass is 536 g/mol. The van der Waals surface area contributed by atoms with E-state index < -0.39 is 0 Å². The van der Waals surface area contributed by atoms with Crippen LogP contribution in [0.3, 0.4) is 0 Å². The smallest absolute Gasteiger partial charge is 0.191 e. The highest BCUT2D eigenvalue weighted by Gasteiger charge is 2.24. The van der Waals surface area contributed by atoms with E-state index in [1.165, 1.54) is 19.3 Å². The zero-order chi connectivity index (χ0) is 20.6. The second kappa shape index (κ2) is 12.1. The number of halogens is 1. The Morgan fingerprint density at radius 2 is 2.00 bits per heavy atom. The van der Waals surface area contributed by atoms with Gasteiger partial charge in [-0.2, -0.15) is 0 Å². The number of piperidine rings is 1. The molecule has 1 fully saturated rings. The summed E-state index contributed by atoms with van der Waals surface area (Å²) in [7, 11) is 1.82. The number of furan rings is 1. The summed E-state index contributed by atoms with van der Waals surface area (Å²) < 4.78 is 5.73. The van der Waals surface area contributed by atoms with Crippen LogP contribution in [-0.4, -0.2) is 54.1 Å². The summed E-state index contributed by atoms with van der Waals surface area (Å²) in [6.45, 7) is 3.86. The summed E-state index contributed by atoms with van der Waals surface area (Å²) >= 11 is 0. The lowest BCUT2D eigenvalue weighted by Crippen LogP contribution is -2.44. The Bertz CT molecular complexity index is 900. The second-order valence-electron chi connectivity index (χ2n) is 7.81. The molecule has 4 rings (SSSR count). The molecule has 0 amide bonds. The molecule has 0 saturated carbocycles. The predicted octanol–water partition coefficient (Wildman–Crippen LogP) is 4.10. The highest BCUT2D eigenvalue weighted by Crippen LogP contribution is 2.24. The van der Waals surface area contributed by atoms with E-state index in [1.807, 2.05) is 31.3 Å². The van der Waals surface area contributed by atoms with Gasteiger partial charge in [0.2, 0.25) is 0 Å². The SMILES string of the molecule is CN=C(NCCCc1nc2ccccc2[nH]1)NCC(c1ccco1)N1CCCCC1.I. The summed E-state index contributed by atoms with van der Waals surface area (Å²) in [6.07, 6.45) is 7.48. The van der Waals surface area contributed by atoms with Gasteiger partial charge in [-0.1, -0.05) is 18.6 Å². The van der Waals surface area contributed by atoms with E-state index in [0.717, 1.165) is 67.6 Å². The van der Waals surface area contributed by atoms with Crippen LogP contribution in [0.2, 0.25) is 0 Å². The number of likely N-dealkylation sites (tertiary alicyclic amines) is 1. The van der Waals surface area contributed by atoms with Gasteiger partial charge in [0.05, 0.1) is 23.3 Å². The van der Waals surface area contributed by atoms with E-state index in [0.29, 0.717) is 0 Å². The maximum Gasteiger partial charge on any atom is 0.191 e. The minimum absolute atomic E-state index is 0. The number of hydrogen-bond acceptors (Lipinski definition) is 4. The average molecular weight is 536 g/mol. The fraction of sp³-hybridized carbons (Fsp3) is 0.478. The number of para-hydroxylation sites is 2. The lowest BCUT2D eigenvalue weighted by Gasteiger charge is -2.33. The van der Waals surface area contributed by atoms with Gasteiger partial charge in [0.1, 0.15) is 11.6 Å². The van der Waals surface area contributed by atoms with Crippen molar-refractivity contribution in [2.24, 2.45) is 4.99 Å². The number of nitrogens with zero attached hydrogens (tertiary/aromatic N) is 3. The molecule has 0 bridgehead atoms. The highest BCUT2D eigenvalue weighted by atomic mass is 127. The minimum Gasteiger partial charge on any atom is -0.468 e. The number of benzene rings is 1. The molecule has 168 valence electrons. The maximum atomic E-state index is 5.73. The van der Waals surface area contributed by atoms with E-state index >= 15 is 0 Å². The Kier molecular flexibility index (Phi) is 9.20. The van der Waals surface area contributed by atoms with Crippen molar-refractivity contribution in [2.45, 2.75) is 38.1 Å². The number of aliphatic imine (C=N–C) groups is 1. The zero-order valence-corrected chi connectivity index (χ0v) is 20.5. The summed E-state index contributed by atoms with van der Waals surface area (Å²) in [6, 6.07) is 12.4. The Hall–Kier alpha value is -2.07. The van der Waals surface area contributed by atoms with Crippen LogP contribution in [0.4, 0.5) is 0 Å². The van der Waals surface area contributed by atoms with Crippen LogP contribution < -0.4 is 10.6 Å². The predicted molar refractivity (Wildman–Crippen MR) is 136 cm³/mol. The number of aromatic amines is 1. The molecule has 0 aliphatic carbocycles. The molecule has 1 aliphatic heterocycles. The summed E-state index contributed by atoms with van der Waals surface area (Å²) in [5.74, 6) is 2.88. The van der Waals surface area contributed by atoms with Crippen molar-refractivity contribution in [1.29, 1.82) is 0 Å². The normalized spacial score (nSPS) is 16.1. The van der Waals surface area contributed by atoms with Crippen LogP contribution in [0, 0.1) is 0 Å². The average Bonchev–Trinajstić information content (AvgIpc) is 3.46. The number of hydrogen-bond donors (Lipinski definition) is 3. The van der Waals surface area contributed by atoms with Crippen molar-refractivity contribution in [2.75, 3.05) is 33.2 Å². The van der Waals surface area contributed by atoms with Gasteiger partial charge >= 0.3 is 0 Å². The minimum atomic E-state index is 0. The standard InChI is InChI=1S/C23H32N6O.HI/c1-24-23(25-13-7-12-22-27-18-9-3-4-10-19(18)28-22)26-17-20(21-11-8-16-30-21)29-14-5-2-6-15-29;/h3-4,8-11,16,20H,2,5-7,12-15,17H2,1H3,(H,27,28)(H2,24,25,26);1H. The zero-order valence-electron chi connectivity index (χ0n) is 18.1. The van der Waals surface area contributed by atoms with Crippen LogP contribution >= 0.6 is 24.0 Å². The number of rotatable bonds is 8. The van der Waals surface area contributed by atoms with E-state index in [4.69, 9.17) is 4.42 Å². The third-order valence-electron chi connectivity index (χ3n) is 5.71. The van der Waals surface area contributed by atoms with Crippen LogP contribution in [-0.2, 0) is 6.42 Å². The Balaban J connectivity index is 0.00000272. The first-order valence-corrected chi connectivity index (χ1v) is 11.0. The van der Waals surface area contributed by atoms with Crippen molar-refractivity contribution in [3.63, 3.8) is 0 Å². The van der Waals surface area contributed by atoms with Crippen LogP contribution in [0.25, 0.3) is 11.0 Å². The second-order valence-corrected chi connectivity index (χ2v) is 7.81. The van der Waals surface area contributed by atoms with E-state index in [1.54, 1.807) is 6.26 Å². The molecule has 3 heterocycles. The quantitative estimate of drug-likeness (QED) is 0.175. The summed E-state index contributed by atoms with van der Waals surface area (Å²) in [4.78, 5) is 14.9. The molecule has 0 spiro atoms. The first kappa shape index (κ1) is 23.6. The molecular weight excluding hydrogens is 503 g/mol. The van der Waals surface area contributed by atoms with E-state index in [2.05, 4.69) is 42.6 Å². The Morgan fingerprint density at radius 3 is 2.74 bits per heavy atom. The van der Waals surface area contributed by atoms with Crippen LogP contribution in [0.15, 0.2) is 52.1 Å². The molecule has 3 N–H and O–H groups in total. The van der Waals surface area contributed by atoms with Crippen molar-refractivity contribution in [1.82, 2.24) is 25.5 Å². The summed E-state index contributed by atoms with van der Waals surface area (Å²) in [5, 5.41) is 6.91. The number of guanidine groups is 1. The molecule has 1 unspecified atom stereocenters. The van der Waals surface area contributed by atoms with E-state index in [9.17, 15) is 0 Å². The van der Waals surface area contributed by atoms with Gasteiger partial charge in [-0.15, -0.1) is 24.0 Å². The van der Waals surface area contributed by atoms with Gasteiger partial charge in [-0.25, -0.2) is 4.98 Å². The van der Waals surface area contributed by atoms with Crippen molar-refractivity contribution in [3.8, 4) is 0 Å². The molecular formula is C23H33IN6O. The highest BCUT2D eigenvalue weighted by molar-refractivity contribution is 14.0. The fourth-order valence-electron chi connectivity index (χ4n) is 4.12. The number of aromatic nitrogens is 2. The first-order valence-electron chi connectivity index (χ1n) is 11.0. The Morgan fingerprint density at radius 1 is 1.16 bits per heavy atom. The molecule has 8 heteroatoms. The third-order valence-corrected chi connectivity index (χ3v) is 5.71. The maximum absolute atomic E-state index is 5.73. The van der Waals surface area contributed by atoms with Crippen LogP contribution in [0.1, 0.15) is 43.3 Å². The first-order chi connectivity index (χ1) is 14.8. The Labute approximate surface area is 201 Å². The molecule has 1 atom stereocenters. The van der Waals surface area contributed by atoms with Gasteiger partial charge in [0.25, 0.3) is 0 Å². The third kappa shape index (κ3) is 6.46. The van der Waals surface area contributed by atoms with Gasteiger partial charge < -0.3 is 20.0 Å². The number of fused-ring (bicyclic) bond motifs is 1. The molecule has 3 aromatic rings. The number of nitrogens with one attached hydrogen (secondary N) is 3. The van der Waals surface area contributed by atoms with E-state index in [-0.39, 0.29) is 30.0 Å². The summed E-state index contributed by atoms with van der Waals surface area (Å²) in [5.41, 5.74) is 2.12. The molecule has 1 aromatic carbocycles. The van der Waals surface area contributed by atoms with Crippen molar-refractivity contribution < 1.29 is 4.42 Å². The molecule has 7 nitrogen and oxygen atoms in total. The van der Waals surface area contributed by atoms with Crippen molar-refractivity contribution in [3.05, 3.63) is 54.2 Å². The lowest BCUT2D eigenvalue weighted by atomic mass is 10.1. The van der Waals surface area contributed by atoms with Gasteiger partial charge in [-0.3, -0.25) is 9.89 Å². The van der Waals surface area contributed by atoms with Gasteiger partial charge in [0, 0.05) is 26.6 Å². The molecule has 0 radical (unpaired) electrons. The molecule has 1 saturated heterocycles. The van der Waals surface area contributed by atoms with Crippen molar-refractivity contribution >= 4 is 41.0 Å². The molecule has 2 aromatic heterocycles. The largest absolute Gasteiger partial charge is 0.468 e. The number of imidazole rings is 1. The van der Waals surface area contributed by atoms with Gasteiger partial charge in [0.15, 0.2) is 5.96 Å². The topological polar surface area (TPSA) is 81.5 Å². The van der Waals surface area contributed by atoms with Crippen LogP contribution in [0.5, 0.6) is 0 Å². The van der Waals surface area contributed by atoms with Gasteiger partial charge in [-0.05, 0) is 56.6 Å². The number of aryl methyl sites for hydroxylation is 1. The number of H-pyrrole nitrogens is 1. The molecule has 1 aliphatic rings.